The highest BCUT2D eigenvalue weighted by Gasteiger charge is 2.16. The van der Waals surface area contributed by atoms with Crippen LogP contribution in [0.15, 0.2) is 0 Å². The monoisotopic (exact) mass is 195 g/mol. The zero-order valence-electron chi connectivity index (χ0n) is 9.37. The largest absolute Gasteiger partial charge is 0.306 e. The quantitative estimate of drug-likeness (QED) is 0.631. The summed E-state index contributed by atoms with van der Waals surface area (Å²) in [6, 6.07) is 2.18. The first kappa shape index (κ1) is 11.5. The minimum atomic E-state index is 0.562. The van der Waals surface area contributed by atoms with Crippen molar-refractivity contribution in [2.24, 2.45) is 5.92 Å². The van der Waals surface area contributed by atoms with Gasteiger partial charge in [0.15, 0.2) is 0 Å². The highest BCUT2D eigenvalue weighted by Crippen LogP contribution is 2.19. The molecule has 1 fully saturated rings. The second-order valence-corrected chi connectivity index (χ2v) is 4.43. The number of piperidine rings is 1. The summed E-state index contributed by atoms with van der Waals surface area (Å²) < 4.78 is 0. The molecule has 0 radical (unpaired) electrons. The van der Waals surface area contributed by atoms with Crippen LogP contribution in [0, 0.1) is 17.2 Å². The molecule has 3 heteroatoms. The van der Waals surface area contributed by atoms with E-state index in [0.717, 1.165) is 12.5 Å². The molecule has 0 spiro atoms. The molecule has 80 valence electrons. The zero-order valence-corrected chi connectivity index (χ0v) is 9.37. The third-order valence-electron chi connectivity index (χ3n) is 3.10. The zero-order chi connectivity index (χ0) is 10.4. The van der Waals surface area contributed by atoms with Crippen molar-refractivity contribution >= 4 is 0 Å². The van der Waals surface area contributed by atoms with Crippen LogP contribution in [0.5, 0.6) is 0 Å². The molecule has 1 rings (SSSR count). The summed E-state index contributed by atoms with van der Waals surface area (Å²) in [6.45, 7) is 4.12. The van der Waals surface area contributed by atoms with Gasteiger partial charge in [-0.05, 0) is 58.9 Å². The van der Waals surface area contributed by atoms with Crippen LogP contribution in [0.25, 0.3) is 0 Å². The van der Waals surface area contributed by atoms with Crippen LogP contribution in [-0.4, -0.2) is 50.1 Å². The molecule has 0 aromatic rings. The fraction of sp³-hybridized carbons (Fsp3) is 0.909. The summed E-state index contributed by atoms with van der Waals surface area (Å²) in [5.41, 5.74) is 0. The van der Waals surface area contributed by atoms with Gasteiger partial charge in [0.1, 0.15) is 0 Å². The van der Waals surface area contributed by atoms with E-state index in [4.69, 9.17) is 5.26 Å². The first-order valence-corrected chi connectivity index (χ1v) is 5.46. The van der Waals surface area contributed by atoms with Crippen LogP contribution in [0.3, 0.4) is 0 Å². The van der Waals surface area contributed by atoms with Gasteiger partial charge in [0, 0.05) is 0 Å². The van der Waals surface area contributed by atoms with E-state index < -0.39 is 0 Å². The van der Waals surface area contributed by atoms with Crippen molar-refractivity contribution in [1.82, 2.24) is 9.80 Å². The normalized spacial score (nSPS) is 19.9. The van der Waals surface area contributed by atoms with Crippen LogP contribution in [-0.2, 0) is 0 Å². The summed E-state index contributed by atoms with van der Waals surface area (Å²) in [7, 11) is 4.22. The Morgan fingerprint density at radius 3 is 2.64 bits per heavy atom. The average molecular weight is 195 g/mol. The van der Waals surface area contributed by atoms with Crippen molar-refractivity contribution in [3.05, 3.63) is 0 Å². The molecule has 0 bridgehead atoms. The topological polar surface area (TPSA) is 30.3 Å². The maximum Gasteiger partial charge on any atom is 0.0863 e. The summed E-state index contributed by atoms with van der Waals surface area (Å²) >= 11 is 0. The van der Waals surface area contributed by atoms with Crippen LogP contribution >= 0.6 is 0 Å². The van der Waals surface area contributed by atoms with Crippen LogP contribution in [0.4, 0.5) is 0 Å². The maximum atomic E-state index is 8.51. The second-order valence-electron chi connectivity index (χ2n) is 4.43. The fourth-order valence-electron chi connectivity index (χ4n) is 1.95. The Morgan fingerprint density at radius 2 is 2.07 bits per heavy atom. The molecule has 0 aliphatic carbocycles. The molecule has 1 saturated heterocycles. The van der Waals surface area contributed by atoms with E-state index in [9.17, 15) is 0 Å². The molecule has 0 aromatic heterocycles. The molecule has 14 heavy (non-hydrogen) atoms. The Balaban J connectivity index is 2.10. The average Bonchev–Trinajstić information content (AvgIpc) is 2.17. The van der Waals surface area contributed by atoms with Crippen molar-refractivity contribution in [2.75, 3.05) is 40.3 Å². The standard InChI is InChI=1S/C11H21N3/c1-13-7-3-11(4-8-13)5-9-14(2)10-6-12/h11H,3-5,7-10H2,1-2H3. The predicted octanol–water partition coefficient (Wildman–Crippen LogP) is 1.17. The molecular weight excluding hydrogens is 174 g/mol. The number of nitrogens with zero attached hydrogens (tertiary/aromatic N) is 3. The molecule has 0 atom stereocenters. The highest BCUT2D eigenvalue weighted by atomic mass is 15.1. The lowest BCUT2D eigenvalue weighted by molar-refractivity contribution is 0.199. The molecule has 0 amide bonds. The number of likely N-dealkylation sites (tertiary alicyclic amines) is 1. The molecular formula is C11H21N3. The molecule has 0 saturated carbocycles. The lowest BCUT2D eigenvalue weighted by atomic mass is 9.94. The van der Waals surface area contributed by atoms with E-state index in [1.807, 2.05) is 7.05 Å². The van der Waals surface area contributed by atoms with Gasteiger partial charge in [-0.3, -0.25) is 4.90 Å². The van der Waals surface area contributed by atoms with Gasteiger partial charge >= 0.3 is 0 Å². The Labute approximate surface area is 87.3 Å². The first-order valence-electron chi connectivity index (χ1n) is 5.46. The third-order valence-corrected chi connectivity index (χ3v) is 3.10. The number of hydrogen-bond donors (Lipinski definition) is 0. The molecule has 0 unspecified atom stereocenters. The van der Waals surface area contributed by atoms with Crippen molar-refractivity contribution in [2.45, 2.75) is 19.3 Å². The SMILES string of the molecule is CN(CC#N)CCC1CCN(C)CC1. The van der Waals surface area contributed by atoms with Gasteiger partial charge < -0.3 is 4.90 Å². The minimum Gasteiger partial charge on any atom is -0.306 e. The van der Waals surface area contributed by atoms with E-state index in [0.29, 0.717) is 6.54 Å². The van der Waals surface area contributed by atoms with Crippen molar-refractivity contribution in [3.8, 4) is 6.07 Å². The Kier molecular flexibility index (Phi) is 4.92. The van der Waals surface area contributed by atoms with Crippen LogP contribution < -0.4 is 0 Å². The summed E-state index contributed by atoms with van der Waals surface area (Å²) in [6.07, 6.45) is 3.92. The van der Waals surface area contributed by atoms with E-state index in [1.54, 1.807) is 0 Å². The van der Waals surface area contributed by atoms with Gasteiger partial charge in [-0.2, -0.15) is 5.26 Å². The Morgan fingerprint density at radius 1 is 1.43 bits per heavy atom. The molecule has 1 heterocycles. The van der Waals surface area contributed by atoms with E-state index >= 15 is 0 Å². The van der Waals surface area contributed by atoms with E-state index in [1.165, 1.54) is 32.4 Å². The van der Waals surface area contributed by atoms with Gasteiger partial charge in [0.25, 0.3) is 0 Å². The number of hydrogen-bond acceptors (Lipinski definition) is 3. The number of nitriles is 1. The summed E-state index contributed by atoms with van der Waals surface area (Å²) in [4.78, 5) is 4.51. The molecule has 1 aliphatic heterocycles. The fourth-order valence-corrected chi connectivity index (χ4v) is 1.95. The molecule has 0 aromatic carbocycles. The smallest absolute Gasteiger partial charge is 0.0863 e. The van der Waals surface area contributed by atoms with Crippen LogP contribution in [0.1, 0.15) is 19.3 Å². The summed E-state index contributed by atoms with van der Waals surface area (Å²) in [5.74, 6) is 0.882. The van der Waals surface area contributed by atoms with Gasteiger partial charge in [0.05, 0.1) is 12.6 Å². The first-order chi connectivity index (χ1) is 6.72. The minimum absolute atomic E-state index is 0.562. The van der Waals surface area contributed by atoms with Gasteiger partial charge in [-0.15, -0.1) is 0 Å². The second kappa shape index (κ2) is 6.00. The van der Waals surface area contributed by atoms with Gasteiger partial charge in [-0.1, -0.05) is 0 Å². The highest BCUT2D eigenvalue weighted by molar-refractivity contribution is 4.76. The van der Waals surface area contributed by atoms with Crippen molar-refractivity contribution in [3.63, 3.8) is 0 Å². The maximum absolute atomic E-state index is 8.51. The van der Waals surface area contributed by atoms with Crippen molar-refractivity contribution < 1.29 is 0 Å². The van der Waals surface area contributed by atoms with Gasteiger partial charge in [-0.25, -0.2) is 0 Å². The van der Waals surface area contributed by atoms with E-state index in [-0.39, 0.29) is 0 Å². The predicted molar refractivity (Wildman–Crippen MR) is 57.9 cm³/mol. The number of rotatable bonds is 4. The molecule has 0 N–H and O–H groups in total. The Hall–Kier alpha value is -0.590. The third kappa shape index (κ3) is 4.08. The molecule has 3 nitrogen and oxygen atoms in total. The Bertz CT molecular complexity index is 189. The van der Waals surface area contributed by atoms with Crippen LogP contribution in [0.2, 0.25) is 0 Å². The lowest BCUT2D eigenvalue weighted by Crippen LogP contribution is -2.32. The lowest BCUT2D eigenvalue weighted by Gasteiger charge is -2.29. The van der Waals surface area contributed by atoms with E-state index in [2.05, 4.69) is 22.9 Å². The molecule has 1 aliphatic rings. The van der Waals surface area contributed by atoms with Gasteiger partial charge in [0.2, 0.25) is 0 Å². The van der Waals surface area contributed by atoms with Crippen molar-refractivity contribution in [1.29, 1.82) is 5.26 Å². The summed E-state index contributed by atoms with van der Waals surface area (Å²) in [5, 5.41) is 8.51.